The van der Waals surface area contributed by atoms with E-state index in [9.17, 15) is 14.4 Å². The number of nitrogens with two attached hydrogens (primary N) is 1. The number of carbonyl (C=O) groups excluding carboxylic acids is 3. The van der Waals surface area contributed by atoms with Gasteiger partial charge < -0.3 is 16.7 Å². The number of oxime groups is 1. The van der Waals surface area contributed by atoms with E-state index in [1.54, 1.807) is 26.7 Å². The topological polar surface area (TPSA) is 219 Å². The number of pyridine rings is 4. The van der Waals surface area contributed by atoms with Gasteiger partial charge in [-0.3, -0.25) is 19.4 Å². The lowest BCUT2D eigenvalue weighted by Crippen LogP contribution is -2.63. The molecule has 0 aliphatic rings. The number of hydrogen-bond donors (Lipinski definition) is 3. The molecular formula is C53H69N12O4+. The summed E-state index contributed by atoms with van der Waals surface area (Å²) in [5.41, 5.74) is 20.3. The third kappa shape index (κ3) is 10.9. The van der Waals surface area contributed by atoms with Crippen LogP contribution in [0.3, 0.4) is 0 Å². The molecule has 0 saturated carbocycles. The van der Waals surface area contributed by atoms with Crippen LogP contribution in [0.15, 0.2) is 108 Å². The highest BCUT2D eigenvalue weighted by atomic mass is 16.4. The van der Waals surface area contributed by atoms with Gasteiger partial charge in [-0.05, 0) is 99.9 Å². The second kappa shape index (κ2) is 22.3. The van der Waals surface area contributed by atoms with Crippen LogP contribution < -0.4 is 11.5 Å². The molecule has 8 rings (SSSR count). The molecule has 0 radical (unpaired) electrons. The molecule has 3 atom stereocenters. The first-order valence-corrected chi connectivity index (χ1v) is 23.2. The van der Waals surface area contributed by atoms with Crippen molar-refractivity contribution in [2.24, 2.45) is 15.9 Å². The third-order valence-corrected chi connectivity index (χ3v) is 11.5. The van der Waals surface area contributed by atoms with E-state index in [2.05, 4.69) is 53.9 Å². The molecule has 0 spiro atoms. The predicted molar refractivity (Wildman–Crippen MR) is 274 cm³/mol. The van der Waals surface area contributed by atoms with E-state index in [4.69, 9.17) is 21.0 Å². The van der Waals surface area contributed by atoms with Crippen LogP contribution in [0, 0.1) is 0 Å². The Labute approximate surface area is 404 Å². The fourth-order valence-corrected chi connectivity index (χ4v) is 8.05. The number of quaternary nitrogens is 1. The lowest BCUT2D eigenvalue weighted by Gasteiger charge is -2.14. The Kier molecular flexibility index (Phi) is 17.1. The van der Waals surface area contributed by atoms with Gasteiger partial charge >= 0.3 is 0 Å². The predicted octanol–water partition coefficient (Wildman–Crippen LogP) is 9.03. The van der Waals surface area contributed by atoms with Crippen LogP contribution in [0.5, 0.6) is 0 Å². The van der Waals surface area contributed by atoms with Gasteiger partial charge in [0, 0.05) is 24.8 Å². The van der Waals surface area contributed by atoms with Crippen LogP contribution >= 0.6 is 0 Å². The van der Waals surface area contributed by atoms with Crippen molar-refractivity contribution in [3.8, 4) is 0 Å². The number of aliphatic imine (C=N–C) groups is 1. The zero-order valence-corrected chi connectivity index (χ0v) is 41.2. The van der Waals surface area contributed by atoms with Crippen LogP contribution in [0.1, 0.15) is 174 Å². The Morgan fingerprint density at radius 3 is 1.19 bits per heavy atom. The summed E-state index contributed by atoms with van der Waals surface area (Å²) in [6.07, 6.45) is 7.46. The van der Waals surface area contributed by atoms with Crippen LogP contribution in [0.25, 0.3) is 22.1 Å². The fourth-order valence-electron chi connectivity index (χ4n) is 8.05. The monoisotopic (exact) mass is 938 g/mol. The minimum atomic E-state index is -0.575. The molecule has 0 aliphatic heterocycles. The summed E-state index contributed by atoms with van der Waals surface area (Å²) in [4.78, 5) is 43.1. The molecule has 0 aromatic carbocycles. The number of nitrogens with zero attached hydrogens (tertiary/aromatic N) is 10. The lowest BCUT2D eigenvalue weighted by molar-refractivity contribution is -0.389. The van der Waals surface area contributed by atoms with Crippen molar-refractivity contribution < 1.29 is 25.3 Å². The molecular weight excluding hydrogens is 869 g/mol. The van der Waals surface area contributed by atoms with Crippen molar-refractivity contribution in [1.29, 1.82) is 0 Å². The largest absolute Gasteiger partial charge is 0.411 e. The number of hydrogen-bond acceptors (Lipinski definition) is 11. The average molecular weight is 938 g/mol. The van der Waals surface area contributed by atoms with Gasteiger partial charge in [0.25, 0.3) is 0 Å². The molecule has 0 bridgehead atoms. The van der Waals surface area contributed by atoms with Gasteiger partial charge in [0.2, 0.25) is 5.78 Å². The Hall–Kier alpha value is -7.17. The molecule has 6 N–H and O–H groups in total. The molecule has 0 amide bonds. The average Bonchev–Trinajstić information content (AvgIpc) is 4.10. The maximum atomic E-state index is 13.8. The highest BCUT2D eigenvalue weighted by Crippen LogP contribution is 2.29. The number of rotatable bonds is 13. The Bertz CT molecular complexity index is 3160. The molecule has 0 aliphatic carbocycles. The van der Waals surface area contributed by atoms with Gasteiger partial charge in [-0.25, -0.2) is 18.1 Å². The molecule has 0 saturated heterocycles. The minimum absolute atomic E-state index is 0. The first-order chi connectivity index (χ1) is 32.3. The van der Waals surface area contributed by atoms with E-state index >= 15 is 0 Å². The zero-order valence-electron chi connectivity index (χ0n) is 41.2. The number of Topliss-reactive ketones (excluding diaryl/α,β-unsaturated/α-hetero) is 3. The maximum Gasteiger partial charge on any atom is 0.214 e. The van der Waals surface area contributed by atoms with E-state index in [-0.39, 0.29) is 60.2 Å². The molecule has 16 nitrogen and oxygen atoms in total. The van der Waals surface area contributed by atoms with E-state index in [1.165, 1.54) is 6.92 Å². The first-order valence-electron chi connectivity index (χ1n) is 23.2. The van der Waals surface area contributed by atoms with Gasteiger partial charge in [0.05, 0.1) is 73.1 Å². The van der Waals surface area contributed by atoms with E-state index in [0.717, 1.165) is 50.4 Å². The van der Waals surface area contributed by atoms with Crippen LogP contribution in [-0.4, -0.2) is 90.6 Å². The summed E-state index contributed by atoms with van der Waals surface area (Å²) in [7, 11) is 0. The highest BCUT2D eigenvalue weighted by molar-refractivity contribution is 6.46. The molecule has 364 valence electrons. The maximum absolute atomic E-state index is 13.8. The van der Waals surface area contributed by atoms with Crippen molar-refractivity contribution in [1.82, 2.24) is 38.5 Å². The Balaban J connectivity index is 0.000000209. The summed E-state index contributed by atoms with van der Waals surface area (Å²) in [6, 6.07) is 21.8. The summed E-state index contributed by atoms with van der Waals surface area (Å²) in [6.45, 7) is 23.4. The third-order valence-electron chi connectivity index (χ3n) is 11.5. The Morgan fingerprint density at radius 1 is 0.536 bits per heavy atom. The van der Waals surface area contributed by atoms with Crippen molar-refractivity contribution in [3.63, 3.8) is 0 Å². The summed E-state index contributed by atoms with van der Waals surface area (Å²) in [5.74, 6) is 0.293. The van der Waals surface area contributed by atoms with Crippen molar-refractivity contribution in [2.45, 2.75) is 132 Å². The summed E-state index contributed by atoms with van der Waals surface area (Å²) in [5, 5.41) is 30.1. The number of aromatic nitrogens is 8. The van der Waals surface area contributed by atoms with Crippen LogP contribution in [0.4, 0.5) is 0 Å². The Morgan fingerprint density at radius 2 is 0.855 bits per heavy atom. The molecule has 69 heavy (non-hydrogen) atoms. The van der Waals surface area contributed by atoms with Crippen LogP contribution in [0.2, 0.25) is 0 Å². The zero-order chi connectivity index (χ0) is 49.7. The van der Waals surface area contributed by atoms with Crippen molar-refractivity contribution >= 4 is 50.8 Å². The van der Waals surface area contributed by atoms with Gasteiger partial charge in [0.1, 0.15) is 23.5 Å². The minimum Gasteiger partial charge on any atom is -0.411 e. The summed E-state index contributed by atoms with van der Waals surface area (Å²) < 4.78 is 7.08. The molecule has 8 aromatic heterocycles. The quantitative estimate of drug-likeness (QED) is 0.0434. The van der Waals surface area contributed by atoms with Crippen molar-refractivity contribution in [3.05, 3.63) is 143 Å². The number of carbonyl (C=O) groups is 3. The van der Waals surface area contributed by atoms with Gasteiger partial charge in [-0.15, -0.1) is 0 Å². The van der Waals surface area contributed by atoms with E-state index < -0.39 is 12.1 Å². The van der Waals surface area contributed by atoms with Crippen molar-refractivity contribution in [2.75, 3.05) is 0 Å². The normalized spacial score (nSPS) is 13.4. The number of ketones is 3. The second-order valence-corrected chi connectivity index (χ2v) is 18.4. The molecule has 3 unspecified atom stereocenters. The number of fused-ring (bicyclic) bond motifs is 4. The highest BCUT2D eigenvalue weighted by Gasteiger charge is 2.30. The van der Waals surface area contributed by atoms with Gasteiger partial charge in [-0.1, -0.05) is 92.2 Å². The van der Waals surface area contributed by atoms with Gasteiger partial charge in [0.15, 0.2) is 11.6 Å². The summed E-state index contributed by atoms with van der Waals surface area (Å²) >= 11 is 0. The lowest BCUT2D eigenvalue weighted by atomic mass is 9.95. The van der Waals surface area contributed by atoms with Gasteiger partial charge in [-0.2, -0.15) is 20.4 Å². The smallest absolute Gasteiger partial charge is 0.214 e. The first kappa shape index (κ1) is 52.8. The molecule has 8 heterocycles. The van der Waals surface area contributed by atoms with Crippen LogP contribution in [-0.2, 0) is 0 Å². The van der Waals surface area contributed by atoms with E-state index in [1.807, 2.05) is 137 Å². The fraction of sp³-hybridized carbons (Fsp3) is 0.377. The molecule has 8 aromatic rings. The standard InChI is InChI=1S/C26H32N6O.C13H15N3O2.C13H17N3O.CH4/c1-15(2)23-21(19-11-7-9-13-31(19)29-23)25(17(5)27)28-18(6)26(33)22-20-12-8-10-14-32(20)30-24(22)16(3)4;1-8(2)12-11(13(17)9(3)15-18)10-6-4-5-7-16(10)14-12;1-8(2)12-11(13(17)9(3)14)10-6-4-5-7-16(10)15-12;/h7-18H,27H2,1-6H3;4-8,18H,1-3H3;4-9H,14H2,1-3H3;1H4/p+1. The molecule has 0 fully saturated rings. The van der Waals surface area contributed by atoms with E-state index in [0.29, 0.717) is 22.4 Å². The SMILES string of the molecule is C.CC(=NO)C(=O)c1c(C(C)C)nn2ccccc12.CC(N)C(=O)c1c(C(C)C)nn2ccccc12.CC([NH3+])C(=NC(C)C(=O)c1c(C(C)C)nn2ccccc12)c1c(C(C)C)nn2ccccc12. The second-order valence-electron chi connectivity index (χ2n) is 18.4. The molecule has 16 heteroatoms.